The number of aliphatic hydroxyl groups is 1. The molecule has 1 unspecified atom stereocenters. The molecule has 2 aliphatic rings. The molecule has 1 aliphatic heterocycles. The topological polar surface area (TPSA) is 37.3 Å². The number of benzene rings is 2. The lowest BCUT2D eigenvalue weighted by Crippen LogP contribution is -2.44. The monoisotopic (exact) mass is 294 g/mol. The molecule has 0 saturated carbocycles. The fraction of sp³-hybridized carbons (Fsp3) is 0.316. The van der Waals surface area contributed by atoms with Gasteiger partial charge in [-0.1, -0.05) is 30.3 Å². The SMILES string of the molecule is C[N+]1(C)c2cccc3cccc(c23)C1C1=C(O)CCCC1=O. The van der Waals surface area contributed by atoms with E-state index in [-0.39, 0.29) is 17.6 Å². The maximum Gasteiger partial charge on any atom is 0.168 e. The van der Waals surface area contributed by atoms with E-state index < -0.39 is 0 Å². The number of hydrogen-bond acceptors (Lipinski definition) is 2. The molecule has 0 aromatic heterocycles. The van der Waals surface area contributed by atoms with Crippen molar-refractivity contribution in [2.24, 2.45) is 0 Å². The average Bonchev–Trinajstić information content (AvgIpc) is 2.71. The quantitative estimate of drug-likeness (QED) is 0.806. The molecule has 3 heteroatoms. The number of rotatable bonds is 1. The summed E-state index contributed by atoms with van der Waals surface area (Å²) in [5.41, 5.74) is 3.01. The Morgan fingerprint density at radius 1 is 1.09 bits per heavy atom. The fourth-order valence-corrected chi connectivity index (χ4v) is 4.18. The van der Waals surface area contributed by atoms with Crippen molar-refractivity contribution in [1.82, 2.24) is 4.48 Å². The van der Waals surface area contributed by atoms with E-state index in [2.05, 4.69) is 44.4 Å². The Hall–Kier alpha value is -2.13. The lowest BCUT2D eigenvalue weighted by molar-refractivity contribution is -0.117. The molecule has 0 spiro atoms. The van der Waals surface area contributed by atoms with Crippen LogP contribution in [0.5, 0.6) is 0 Å². The van der Waals surface area contributed by atoms with Crippen LogP contribution in [0.4, 0.5) is 5.69 Å². The summed E-state index contributed by atoms with van der Waals surface area (Å²) in [6, 6.07) is 12.5. The summed E-state index contributed by atoms with van der Waals surface area (Å²) in [5.74, 6) is 0.391. The van der Waals surface area contributed by atoms with Crippen molar-refractivity contribution in [2.45, 2.75) is 25.3 Å². The van der Waals surface area contributed by atoms with Crippen LogP contribution in [-0.2, 0) is 4.79 Å². The predicted molar refractivity (Wildman–Crippen MR) is 88.8 cm³/mol. The molecule has 22 heavy (non-hydrogen) atoms. The first-order valence-corrected chi connectivity index (χ1v) is 7.83. The summed E-state index contributed by atoms with van der Waals surface area (Å²) in [6.45, 7) is 0. The van der Waals surface area contributed by atoms with Crippen molar-refractivity contribution in [1.29, 1.82) is 0 Å². The lowest BCUT2D eigenvalue weighted by Gasteiger charge is -2.35. The summed E-state index contributed by atoms with van der Waals surface area (Å²) in [6.07, 6.45) is 1.91. The molecular formula is C19H20NO2+. The van der Waals surface area contributed by atoms with Gasteiger partial charge in [-0.3, -0.25) is 9.28 Å². The van der Waals surface area contributed by atoms with Crippen LogP contribution in [0.15, 0.2) is 47.7 Å². The highest BCUT2D eigenvalue weighted by molar-refractivity contribution is 6.04. The first kappa shape index (κ1) is 13.5. The third-order valence-corrected chi connectivity index (χ3v) is 5.18. The van der Waals surface area contributed by atoms with Crippen molar-refractivity contribution in [2.75, 3.05) is 14.1 Å². The number of hydrogen-bond donors (Lipinski definition) is 1. The van der Waals surface area contributed by atoms with E-state index >= 15 is 0 Å². The zero-order valence-corrected chi connectivity index (χ0v) is 13.0. The van der Waals surface area contributed by atoms with E-state index in [0.29, 0.717) is 22.9 Å². The molecule has 0 bridgehead atoms. The van der Waals surface area contributed by atoms with E-state index in [0.717, 1.165) is 12.0 Å². The maximum atomic E-state index is 12.5. The molecule has 112 valence electrons. The molecule has 1 aliphatic carbocycles. The number of carbonyl (C=O) groups is 1. The minimum absolute atomic E-state index is 0.102. The Bertz CT molecular complexity index is 827. The van der Waals surface area contributed by atoms with Crippen molar-refractivity contribution in [3.8, 4) is 0 Å². The molecule has 2 aromatic carbocycles. The van der Waals surface area contributed by atoms with Gasteiger partial charge < -0.3 is 5.11 Å². The summed E-state index contributed by atoms with van der Waals surface area (Å²) in [7, 11) is 4.25. The zero-order chi connectivity index (χ0) is 15.5. The molecule has 1 heterocycles. The highest BCUT2D eigenvalue weighted by Gasteiger charge is 2.47. The molecule has 0 radical (unpaired) electrons. The molecule has 2 aromatic rings. The second-order valence-electron chi connectivity index (χ2n) is 6.80. The molecule has 1 N–H and O–H groups in total. The highest BCUT2D eigenvalue weighted by atomic mass is 16.3. The first-order chi connectivity index (χ1) is 10.5. The smallest absolute Gasteiger partial charge is 0.168 e. The van der Waals surface area contributed by atoms with Gasteiger partial charge in [0.15, 0.2) is 11.8 Å². The number of carbonyl (C=O) groups excluding carboxylic acids is 1. The molecule has 0 amide bonds. The lowest BCUT2D eigenvalue weighted by atomic mass is 9.86. The van der Waals surface area contributed by atoms with Crippen molar-refractivity contribution in [3.05, 3.63) is 53.3 Å². The second kappa shape index (κ2) is 4.43. The Morgan fingerprint density at radius 2 is 1.82 bits per heavy atom. The second-order valence-corrected chi connectivity index (χ2v) is 6.80. The van der Waals surface area contributed by atoms with Crippen LogP contribution in [-0.4, -0.2) is 25.0 Å². The molecule has 0 fully saturated rings. The Labute approximate surface area is 130 Å². The van der Waals surface area contributed by atoms with E-state index in [1.807, 2.05) is 6.07 Å². The molecule has 0 saturated heterocycles. The van der Waals surface area contributed by atoms with Gasteiger partial charge in [-0.25, -0.2) is 0 Å². The van der Waals surface area contributed by atoms with Crippen LogP contribution < -0.4 is 4.48 Å². The van der Waals surface area contributed by atoms with Gasteiger partial charge in [0.25, 0.3) is 0 Å². The van der Waals surface area contributed by atoms with Crippen LogP contribution in [0.25, 0.3) is 10.8 Å². The number of Topliss-reactive ketones (excluding diaryl/α,β-unsaturated/α-hetero) is 1. The Kier molecular flexibility index (Phi) is 2.73. The number of allylic oxidation sites excluding steroid dienone is 1. The number of likely N-dealkylation sites (N-methyl/N-ethyl adjacent to an activating group) is 1. The van der Waals surface area contributed by atoms with Gasteiger partial charge in [0.2, 0.25) is 0 Å². The van der Waals surface area contributed by atoms with Crippen LogP contribution in [0.1, 0.15) is 30.9 Å². The molecular weight excluding hydrogens is 274 g/mol. The minimum Gasteiger partial charge on any atom is -0.512 e. The van der Waals surface area contributed by atoms with E-state index in [4.69, 9.17) is 0 Å². The van der Waals surface area contributed by atoms with Gasteiger partial charge in [-0.05, 0) is 17.9 Å². The van der Waals surface area contributed by atoms with E-state index in [1.54, 1.807) is 0 Å². The zero-order valence-electron chi connectivity index (χ0n) is 13.0. The third-order valence-electron chi connectivity index (χ3n) is 5.18. The highest BCUT2D eigenvalue weighted by Crippen LogP contribution is 2.51. The molecule has 3 nitrogen and oxygen atoms in total. The summed E-state index contributed by atoms with van der Waals surface area (Å²) < 4.78 is 0.585. The predicted octanol–water partition coefficient (Wildman–Crippen LogP) is 4.03. The van der Waals surface area contributed by atoms with Gasteiger partial charge >= 0.3 is 0 Å². The van der Waals surface area contributed by atoms with Gasteiger partial charge in [-0.15, -0.1) is 0 Å². The van der Waals surface area contributed by atoms with Crippen LogP contribution in [0.2, 0.25) is 0 Å². The van der Waals surface area contributed by atoms with Crippen molar-refractivity contribution < 1.29 is 9.90 Å². The maximum absolute atomic E-state index is 12.5. The van der Waals surface area contributed by atoms with Crippen LogP contribution >= 0.6 is 0 Å². The van der Waals surface area contributed by atoms with Crippen LogP contribution in [0, 0.1) is 0 Å². The number of ketones is 1. The third kappa shape index (κ3) is 1.63. The number of aliphatic hydroxyl groups excluding tert-OH is 1. The van der Waals surface area contributed by atoms with Crippen molar-refractivity contribution in [3.63, 3.8) is 0 Å². The summed E-state index contributed by atoms with van der Waals surface area (Å²) in [5, 5.41) is 12.9. The Morgan fingerprint density at radius 3 is 2.55 bits per heavy atom. The number of nitrogens with zero attached hydrogens (tertiary/aromatic N) is 1. The summed E-state index contributed by atoms with van der Waals surface area (Å²) in [4.78, 5) is 12.5. The summed E-state index contributed by atoms with van der Waals surface area (Å²) >= 11 is 0. The largest absolute Gasteiger partial charge is 0.512 e. The van der Waals surface area contributed by atoms with Gasteiger partial charge in [0.05, 0.1) is 25.1 Å². The molecule has 1 atom stereocenters. The minimum atomic E-state index is -0.103. The standard InChI is InChI=1S/C19H19NO2/c1-20(2)14-9-4-7-12-6-3-8-13(17(12)14)19(20)18-15(21)10-5-11-16(18)22/h3-4,6-9,19H,5,10-11H2,1-2H3/p+1. The number of quaternary nitrogens is 1. The van der Waals surface area contributed by atoms with Crippen molar-refractivity contribution >= 4 is 22.2 Å². The normalized spacial score (nSPS) is 23.4. The van der Waals surface area contributed by atoms with Crippen LogP contribution in [0.3, 0.4) is 0 Å². The molecule has 4 rings (SSSR count). The fourth-order valence-electron chi connectivity index (χ4n) is 4.18. The average molecular weight is 294 g/mol. The first-order valence-electron chi connectivity index (χ1n) is 7.83. The van der Waals surface area contributed by atoms with E-state index in [9.17, 15) is 9.90 Å². The Balaban J connectivity index is 2.04. The van der Waals surface area contributed by atoms with E-state index in [1.165, 1.54) is 16.5 Å². The van der Waals surface area contributed by atoms with Gasteiger partial charge in [-0.2, -0.15) is 0 Å². The van der Waals surface area contributed by atoms with Gasteiger partial charge in [0.1, 0.15) is 11.4 Å². The van der Waals surface area contributed by atoms with Gasteiger partial charge in [0, 0.05) is 18.4 Å².